The molecule has 0 saturated carbocycles. The Balaban J connectivity index is 2.21. The fourth-order valence-electron chi connectivity index (χ4n) is 1.66. The standard InChI is InChI=1S/C10H12N2O4/c13-8-1-2-9(10(5-8)12(14)15)11-7-3-4-16-6-7/h1-2,5,7,11,13H,3-4,6H2. The second-order valence-corrected chi connectivity index (χ2v) is 3.66. The molecule has 6 heteroatoms. The second kappa shape index (κ2) is 4.36. The van der Waals surface area contributed by atoms with Gasteiger partial charge in [-0.3, -0.25) is 10.1 Å². The third kappa shape index (κ3) is 2.22. The van der Waals surface area contributed by atoms with E-state index in [-0.39, 0.29) is 17.5 Å². The van der Waals surface area contributed by atoms with Gasteiger partial charge in [0.2, 0.25) is 0 Å². The molecular weight excluding hydrogens is 212 g/mol. The predicted molar refractivity (Wildman–Crippen MR) is 57.6 cm³/mol. The van der Waals surface area contributed by atoms with Gasteiger partial charge in [-0.2, -0.15) is 0 Å². The van der Waals surface area contributed by atoms with Gasteiger partial charge in [0, 0.05) is 6.61 Å². The summed E-state index contributed by atoms with van der Waals surface area (Å²) >= 11 is 0. The first kappa shape index (κ1) is 10.7. The Morgan fingerprint density at radius 1 is 1.56 bits per heavy atom. The number of phenols is 1. The van der Waals surface area contributed by atoms with Crippen molar-refractivity contribution in [1.29, 1.82) is 0 Å². The first-order chi connectivity index (χ1) is 7.66. The van der Waals surface area contributed by atoms with E-state index in [0.717, 1.165) is 12.5 Å². The fraction of sp³-hybridized carbons (Fsp3) is 0.400. The van der Waals surface area contributed by atoms with E-state index < -0.39 is 4.92 Å². The van der Waals surface area contributed by atoms with Crippen LogP contribution in [0.1, 0.15) is 6.42 Å². The lowest BCUT2D eigenvalue weighted by molar-refractivity contribution is -0.384. The molecule has 1 heterocycles. The van der Waals surface area contributed by atoms with Crippen LogP contribution >= 0.6 is 0 Å². The maximum atomic E-state index is 10.8. The van der Waals surface area contributed by atoms with Gasteiger partial charge in [0.05, 0.1) is 23.6 Å². The first-order valence-corrected chi connectivity index (χ1v) is 4.98. The summed E-state index contributed by atoms with van der Waals surface area (Å²) in [5.74, 6) is -0.111. The molecule has 16 heavy (non-hydrogen) atoms. The molecule has 1 saturated heterocycles. The number of hydrogen-bond donors (Lipinski definition) is 2. The van der Waals surface area contributed by atoms with Crippen molar-refractivity contribution in [1.82, 2.24) is 0 Å². The third-order valence-electron chi connectivity index (χ3n) is 2.47. The molecule has 1 aliphatic heterocycles. The van der Waals surface area contributed by atoms with Gasteiger partial charge in [0.25, 0.3) is 5.69 Å². The van der Waals surface area contributed by atoms with E-state index in [1.165, 1.54) is 12.1 Å². The number of anilines is 1. The Labute approximate surface area is 92.0 Å². The Morgan fingerprint density at radius 3 is 3.00 bits per heavy atom. The van der Waals surface area contributed by atoms with Crippen molar-refractivity contribution in [2.45, 2.75) is 12.5 Å². The van der Waals surface area contributed by atoms with Gasteiger partial charge in [-0.25, -0.2) is 0 Å². The first-order valence-electron chi connectivity index (χ1n) is 4.98. The van der Waals surface area contributed by atoms with Crippen LogP contribution in [0.15, 0.2) is 18.2 Å². The molecule has 1 unspecified atom stereocenters. The average Bonchev–Trinajstić information content (AvgIpc) is 2.73. The summed E-state index contributed by atoms with van der Waals surface area (Å²) in [5, 5.41) is 23.0. The Hall–Kier alpha value is -1.82. The number of aromatic hydroxyl groups is 1. The highest BCUT2D eigenvalue weighted by Gasteiger charge is 2.20. The van der Waals surface area contributed by atoms with Crippen molar-refractivity contribution >= 4 is 11.4 Å². The smallest absolute Gasteiger partial charge is 0.296 e. The fourth-order valence-corrected chi connectivity index (χ4v) is 1.66. The summed E-state index contributed by atoms with van der Waals surface area (Å²) in [6, 6.07) is 4.16. The summed E-state index contributed by atoms with van der Waals surface area (Å²) in [5.41, 5.74) is 0.296. The normalized spacial score (nSPS) is 19.6. The van der Waals surface area contributed by atoms with Crippen LogP contribution in [-0.4, -0.2) is 29.3 Å². The SMILES string of the molecule is O=[N+]([O-])c1cc(O)ccc1NC1CCOC1. The molecule has 1 aliphatic rings. The number of ether oxygens (including phenoxy) is 1. The molecule has 1 aromatic carbocycles. The predicted octanol–water partition coefficient (Wildman–Crippen LogP) is 1.50. The maximum Gasteiger partial charge on any atom is 0.296 e. The van der Waals surface area contributed by atoms with Gasteiger partial charge in [-0.05, 0) is 18.6 Å². The van der Waals surface area contributed by atoms with E-state index in [2.05, 4.69) is 5.32 Å². The van der Waals surface area contributed by atoms with Gasteiger partial charge >= 0.3 is 0 Å². The van der Waals surface area contributed by atoms with E-state index in [1.807, 2.05) is 0 Å². The van der Waals surface area contributed by atoms with E-state index in [4.69, 9.17) is 4.74 Å². The zero-order chi connectivity index (χ0) is 11.5. The molecule has 0 bridgehead atoms. The lowest BCUT2D eigenvalue weighted by Crippen LogP contribution is -2.19. The van der Waals surface area contributed by atoms with Crippen LogP contribution in [0.4, 0.5) is 11.4 Å². The molecule has 1 aromatic rings. The largest absolute Gasteiger partial charge is 0.508 e. The summed E-state index contributed by atoms with van der Waals surface area (Å²) in [6.07, 6.45) is 0.831. The Morgan fingerprint density at radius 2 is 2.38 bits per heavy atom. The van der Waals surface area contributed by atoms with Gasteiger partial charge in [0.1, 0.15) is 11.4 Å². The van der Waals surface area contributed by atoms with Crippen LogP contribution in [0.3, 0.4) is 0 Å². The molecule has 0 spiro atoms. The van der Waals surface area contributed by atoms with Crippen molar-refractivity contribution in [2.24, 2.45) is 0 Å². The molecule has 1 fully saturated rings. The topological polar surface area (TPSA) is 84.6 Å². The average molecular weight is 224 g/mol. The minimum Gasteiger partial charge on any atom is -0.508 e. The summed E-state index contributed by atoms with van der Waals surface area (Å²) in [6.45, 7) is 1.22. The number of nitrogens with one attached hydrogen (secondary N) is 1. The zero-order valence-electron chi connectivity index (χ0n) is 8.55. The number of hydrogen-bond acceptors (Lipinski definition) is 5. The second-order valence-electron chi connectivity index (χ2n) is 3.66. The van der Waals surface area contributed by atoms with Crippen LogP contribution in [0, 0.1) is 10.1 Å². The number of nitro groups is 1. The third-order valence-corrected chi connectivity index (χ3v) is 2.47. The van der Waals surface area contributed by atoms with Crippen molar-refractivity contribution in [3.8, 4) is 5.75 Å². The summed E-state index contributed by atoms with van der Waals surface area (Å²) in [4.78, 5) is 10.3. The van der Waals surface area contributed by atoms with E-state index in [0.29, 0.717) is 18.9 Å². The Kier molecular flexibility index (Phi) is 2.91. The van der Waals surface area contributed by atoms with Gasteiger partial charge in [-0.1, -0.05) is 0 Å². The highest BCUT2D eigenvalue weighted by Crippen LogP contribution is 2.29. The monoisotopic (exact) mass is 224 g/mol. The van der Waals surface area contributed by atoms with E-state index in [1.54, 1.807) is 0 Å². The lowest BCUT2D eigenvalue weighted by atomic mass is 10.2. The molecular formula is C10H12N2O4. The molecule has 0 aromatic heterocycles. The van der Waals surface area contributed by atoms with Crippen molar-refractivity contribution in [3.63, 3.8) is 0 Å². The number of nitrogens with zero attached hydrogens (tertiary/aromatic N) is 1. The highest BCUT2D eigenvalue weighted by molar-refractivity contribution is 5.64. The van der Waals surface area contributed by atoms with Gasteiger partial charge < -0.3 is 15.2 Å². The molecule has 86 valence electrons. The number of nitro benzene ring substituents is 1. The van der Waals surface area contributed by atoms with E-state index >= 15 is 0 Å². The van der Waals surface area contributed by atoms with Crippen molar-refractivity contribution in [2.75, 3.05) is 18.5 Å². The van der Waals surface area contributed by atoms with Crippen molar-refractivity contribution < 1.29 is 14.8 Å². The van der Waals surface area contributed by atoms with Crippen LogP contribution in [0.2, 0.25) is 0 Å². The summed E-state index contributed by atoms with van der Waals surface area (Å²) in [7, 11) is 0. The lowest BCUT2D eigenvalue weighted by Gasteiger charge is -2.12. The quantitative estimate of drug-likeness (QED) is 0.461. The van der Waals surface area contributed by atoms with Crippen molar-refractivity contribution in [3.05, 3.63) is 28.3 Å². The zero-order valence-corrected chi connectivity index (χ0v) is 8.55. The molecule has 6 nitrogen and oxygen atoms in total. The molecule has 0 amide bonds. The van der Waals surface area contributed by atoms with E-state index in [9.17, 15) is 15.2 Å². The van der Waals surface area contributed by atoms with Crippen LogP contribution in [-0.2, 0) is 4.74 Å². The minimum absolute atomic E-state index is 0.100. The highest BCUT2D eigenvalue weighted by atomic mass is 16.6. The van der Waals surface area contributed by atoms with Crippen LogP contribution in [0.25, 0.3) is 0 Å². The van der Waals surface area contributed by atoms with Crippen LogP contribution in [0.5, 0.6) is 5.75 Å². The number of rotatable bonds is 3. The molecule has 2 rings (SSSR count). The summed E-state index contributed by atoms with van der Waals surface area (Å²) < 4.78 is 5.17. The van der Waals surface area contributed by atoms with Gasteiger partial charge in [-0.15, -0.1) is 0 Å². The van der Waals surface area contributed by atoms with Crippen LogP contribution < -0.4 is 5.32 Å². The van der Waals surface area contributed by atoms with Gasteiger partial charge in [0.15, 0.2) is 0 Å². The molecule has 0 radical (unpaired) electrons. The number of benzene rings is 1. The molecule has 0 aliphatic carbocycles. The minimum atomic E-state index is -0.516. The maximum absolute atomic E-state index is 10.8. The number of phenolic OH excluding ortho intramolecular Hbond substituents is 1. The molecule has 1 atom stereocenters. The molecule has 2 N–H and O–H groups in total. The Bertz CT molecular complexity index is 402.